The molecule has 9 heteroatoms. The lowest BCUT2D eigenvalue weighted by atomic mass is 10.2. The molecular formula is C17H19FN2O4S2. The van der Waals surface area contributed by atoms with Crippen LogP contribution in [0, 0.1) is 5.82 Å². The molecular weight excluding hydrogens is 379 g/mol. The fourth-order valence-corrected chi connectivity index (χ4v) is 3.55. The lowest BCUT2D eigenvalue weighted by Gasteiger charge is -2.14. The predicted octanol–water partition coefficient (Wildman–Crippen LogP) is 3.33. The maximum atomic E-state index is 13.0. The smallest absolute Gasteiger partial charge is 0.262 e. The number of sulfonamides is 1. The Labute approximate surface area is 156 Å². The second-order valence-corrected chi connectivity index (χ2v) is 7.93. The third-order valence-electron chi connectivity index (χ3n) is 3.38. The molecule has 0 aliphatic heterocycles. The van der Waals surface area contributed by atoms with E-state index in [2.05, 4.69) is 10.0 Å². The van der Waals surface area contributed by atoms with E-state index < -0.39 is 15.8 Å². The molecule has 0 saturated heterocycles. The first-order valence-electron chi connectivity index (χ1n) is 7.61. The number of carbonyl (C=O) groups is 1. The van der Waals surface area contributed by atoms with Gasteiger partial charge in [0.25, 0.3) is 10.0 Å². The van der Waals surface area contributed by atoms with E-state index in [0.717, 1.165) is 24.3 Å². The van der Waals surface area contributed by atoms with E-state index in [0.29, 0.717) is 17.9 Å². The van der Waals surface area contributed by atoms with Gasteiger partial charge in [0.1, 0.15) is 11.6 Å². The summed E-state index contributed by atoms with van der Waals surface area (Å²) < 4.78 is 45.5. The summed E-state index contributed by atoms with van der Waals surface area (Å²) in [6.07, 6.45) is 2.26. The third kappa shape index (κ3) is 5.37. The van der Waals surface area contributed by atoms with Gasteiger partial charge < -0.3 is 10.1 Å². The van der Waals surface area contributed by atoms with E-state index in [1.165, 1.54) is 13.2 Å². The van der Waals surface area contributed by atoms with Crippen molar-refractivity contribution in [2.24, 2.45) is 0 Å². The van der Waals surface area contributed by atoms with Crippen LogP contribution >= 0.6 is 11.8 Å². The predicted molar refractivity (Wildman–Crippen MR) is 102 cm³/mol. The van der Waals surface area contributed by atoms with Crippen LogP contribution < -0.4 is 14.8 Å². The molecule has 2 rings (SSSR count). The van der Waals surface area contributed by atoms with Crippen LogP contribution in [0.1, 0.15) is 6.42 Å². The van der Waals surface area contributed by atoms with Gasteiger partial charge >= 0.3 is 0 Å². The van der Waals surface area contributed by atoms with Crippen molar-refractivity contribution in [1.29, 1.82) is 0 Å². The van der Waals surface area contributed by atoms with Crippen LogP contribution in [0.2, 0.25) is 0 Å². The van der Waals surface area contributed by atoms with Crippen LogP contribution in [0.4, 0.5) is 15.8 Å². The minimum absolute atomic E-state index is 0.0876. The molecule has 0 spiro atoms. The van der Waals surface area contributed by atoms with Gasteiger partial charge in [0.2, 0.25) is 5.91 Å². The van der Waals surface area contributed by atoms with Crippen molar-refractivity contribution in [3.8, 4) is 5.75 Å². The number of hydrogen-bond donors (Lipinski definition) is 2. The lowest BCUT2D eigenvalue weighted by Crippen LogP contribution is -2.15. The molecule has 0 fully saturated rings. The summed E-state index contributed by atoms with van der Waals surface area (Å²) in [6.45, 7) is 0. The van der Waals surface area contributed by atoms with Crippen molar-refractivity contribution in [2.45, 2.75) is 11.3 Å². The summed E-state index contributed by atoms with van der Waals surface area (Å²) in [5, 5.41) is 2.71. The minimum atomic E-state index is -3.93. The molecule has 0 heterocycles. The minimum Gasteiger partial charge on any atom is -0.495 e. The van der Waals surface area contributed by atoms with Crippen LogP contribution in [0.15, 0.2) is 47.4 Å². The van der Waals surface area contributed by atoms with Gasteiger partial charge in [0.15, 0.2) is 0 Å². The number of carbonyl (C=O) groups excluding carboxylic acids is 1. The van der Waals surface area contributed by atoms with Crippen molar-refractivity contribution in [1.82, 2.24) is 0 Å². The Morgan fingerprint density at radius 3 is 2.50 bits per heavy atom. The van der Waals surface area contributed by atoms with Gasteiger partial charge in [0.05, 0.1) is 17.7 Å². The quantitative estimate of drug-likeness (QED) is 0.713. The summed E-state index contributed by atoms with van der Waals surface area (Å²) in [7, 11) is -2.53. The normalized spacial score (nSPS) is 11.0. The Bertz CT molecular complexity index is 871. The summed E-state index contributed by atoms with van der Waals surface area (Å²) in [6, 6.07) is 9.09. The number of amides is 1. The van der Waals surface area contributed by atoms with Gasteiger partial charge in [-0.2, -0.15) is 11.8 Å². The van der Waals surface area contributed by atoms with Crippen LogP contribution in [-0.2, 0) is 14.8 Å². The van der Waals surface area contributed by atoms with Gasteiger partial charge in [-0.25, -0.2) is 12.8 Å². The van der Waals surface area contributed by atoms with E-state index in [4.69, 9.17) is 4.74 Å². The first-order valence-corrected chi connectivity index (χ1v) is 10.5. The molecule has 2 aromatic rings. The Kier molecular flexibility index (Phi) is 6.87. The number of thioether (sulfide) groups is 1. The molecule has 2 aromatic carbocycles. The van der Waals surface area contributed by atoms with Crippen LogP contribution in [0.25, 0.3) is 0 Å². The van der Waals surface area contributed by atoms with Gasteiger partial charge in [-0.3, -0.25) is 9.52 Å². The van der Waals surface area contributed by atoms with Crippen LogP contribution in [-0.4, -0.2) is 33.4 Å². The molecule has 1 amide bonds. The average molecular weight is 398 g/mol. The van der Waals surface area contributed by atoms with Crippen molar-refractivity contribution < 1.29 is 22.3 Å². The molecule has 0 aliphatic rings. The molecule has 0 aliphatic carbocycles. The molecule has 0 atom stereocenters. The van der Waals surface area contributed by atoms with Gasteiger partial charge in [-0.1, -0.05) is 0 Å². The van der Waals surface area contributed by atoms with Crippen LogP contribution in [0.3, 0.4) is 0 Å². The van der Waals surface area contributed by atoms with E-state index in [-0.39, 0.29) is 22.2 Å². The van der Waals surface area contributed by atoms with Gasteiger partial charge in [-0.05, 0) is 48.7 Å². The highest BCUT2D eigenvalue weighted by Gasteiger charge is 2.17. The maximum Gasteiger partial charge on any atom is 0.262 e. The fourth-order valence-electron chi connectivity index (χ4n) is 2.10. The average Bonchev–Trinajstić information content (AvgIpc) is 2.60. The highest BCUT2D eigenvalue weighted by Crippen LogP contribution is 2.30. The Hall–Kier alpha value is -2.26. The number of hydrogen-bond acceptors (Lipinski definition) is 5. The third-order valence-corrected chi connectivity index (χ3v) is 5.38. The Morgan fingerprint density at radius 2 is 1.88 bits per heavy atom. The molecule has 26 heavy (non-hydrogen) atoms. The standard InChI is InChI=1S/C17H19FN2O4S2/c1-24-16-8-5-13(19-17(21)9-10-25-2)11-15(16)20-26(22,23)14-6-3-12(18)4-7-14/h3-8,11,20H,9-10H2,1-2H3,(H,19,21). The number of anilines is 2. The number of halogens is 1. The molecule has 0 aromatic heterocycles. The fraction of sp³-hybridized carbons (Fsp3) is 0.235. The molecule has 0 unspecified atom stereocenters. The largest absolute Gasteiger partial charge is 0.495 e. The van der Waals surface area contributed by atoms with Crippen molar-refractivity contribution in [3.63, 3.8) is 0 Å². The van der Waals surface area contributed by atoms with Crippen LogP contribution in [0.5, 0.6) is 5.75 Å². The summed E-state index contributed by atoms with van der Waals surface area (Å²) in [4.78, 5) is 11.8. The molecule has 140 valence electrons. The maximum absolute atomic E-state index is 13.0. The zero-order valence-electron chi connectivity index (χ0n) is 14.3. The number of nitrogens with one attached hydrogen (secondary N) is 2. The monoisotopic (exact) mass is 398 g/mol. The second-order valence-electron chi connectivity index (χ2n) is 5.27. The molecule has 0 radical (unpaired) electrons. The zero-order valence-corrected chi connectivity index (χ0v) is 15.9. The molecule has 0 bridgehead atoms. The van der Waals surface area contributed by atoms with Gasteiger partial charge in [0, 0.05) is 17.9 Å². The Balaban J connectivity index is 2.25. The number of benzene rings is 2. The lowest BCUT2D eigenvalue weighted by molar-refractivity contribution is -0.115. The number of ether oxygens (including phenoxy) is 1. The topological polar surface area (TPSA) is 84.5 Å². The number of methoxy groups -OCH3 is 1. The zero-order chi connectivity index (χ0) is 19.2. The summed E-state index contributed by atoms with van der Waals surface area (Å²) in [5.74, 6) is 0.276. The van der Waals surface area contributed by atoms with Crippen molar-refractivity contribution in [2.75, 3.05) is 29.2 Å². The Morgan fingerprint density at radius 1 is 1.19 bits per heavy atom. The summed E-state index contributed by atoms with van der Waals surface area (Å²) >= 11 is 1.56. The number of rotatable bonds is 8. The molecule has 2 N–H and O–H groups in total. The van der Waals surface area contributed by atoms with E-state index >= 15 is 0 Å². The highest BCUT2D eigenvalue weighted by atomic mass is 32.2. The van der Waals surface area contributed by atoms with E-state index in [9.17, 15) is 17.6 Å². The molecule has 0 saturated carbocycles. The molecule has 6 nitrogen and oxygen atoms in total. The van der Waals surface area contributed by atoms with Gasteiger partial charge in [-0.15, -0.1) is 0 Å². The highest BCUT2D eigenvalue weighted by molar-refractivity contribution is 7.98. The van der Waals surface area contributed by atoms with Crippen molar-refractivity contribution in [3.05, 3.63) is 48.3 Å². The first kappa shape index (κ1) is 20.1. The first-order chi connectivity index (χ1) is 12.4. The summed E-state index contributed by atoms with van der Waals surface area (Å²) in [5.41, 5.74) is 0.605. The van der Waals surface area contributed by atoms with Crippen molar-refractivity contribution >= 4 is 39.1 Å². The SMILES string of the molecule is COc1ccc(NC(=O)CCSC)cc1NS(=O)(=O)c1ccc(F)cc1. The van der Waals surface area contributed by atoms with E-state index in [1.807, 2.05) is 6.26 Å². The van der Waals surface area contributed by atoms with E-state index in [1.54, 1.807) is 23.9 Å². The second kappa shape index (κ2) is 8.91.